The van der Waals surface area contributed by atoms with Gasteiger partial charge in [-0.2, -0.15) is 0 Å². The Kier molecular flexibility index (Phi) is 3.60. The lowest BCUT2D eigenvalue weighted by Gasteiger charge is -1.88. The molecular formula is C4H8N2O2. The first-order valence-electron chi connectivity index (χ1n) is 2.02. The standard InChI is InChI=1S/C4H8N2O2/c1-8-6-3-2-4(5)7/h2-3,6H,1H3,(H2,5,7). The van der Waals surface area contributed by atoms with E-state index in [0.717, 1.165) is 6.08 Å². The molecule has 0 saturated heterocycles. The number of hydroxylamine groups is 1. The zero-order valence-electron chi connectivity index (χ0n) is 4.55. The van der Waals surface area contributed by atoms with E-state index in [1.54, 1.807) is 0 Å². The average molecular weight is 116 g/mol. The van der Waals surface area contributed by atoms with Crippen LogP contribution in [0.25, 0.3) is 0 Å². The predicted molar refractivity (Wildman–Crippen MR) is 28.5 cm³/mol. The van der Waals surface area contributed by atoms with E-state index in [1.807, 2.05) is 0 Å². The number of carbonyl (C=O) groups is 1. The van der Waals surface area contributed by atoms with Crippen LogP contribution < -0.4 is 11.2 Å². The van der Waals surface area contributed by atoms with Crippen LogP contribution in [0.2, 0.25) is 0 Å². The molecule has 4 heteroatoms. The van der Waals surface area contributed by atoms with Crippen LogP contribution in [-0.4, -0.2) is 13.0 Å². The van der Waals surface area contributed by atoms with Gasteiger partial charge in [-0.25, -0.2) is 0 Å². The molecular weight excluding hydrogens is 108 g/mol. The van der Waals surface area contributed by atoms with Crippen molar-refractivity contribution in [1.29, 1.82) is 0 Å². The number of hydrogen-bond acceptors (Lipinski definition) is 3. The van der Waals surface area contributed by atoms with E-state index in [4.69, 9.17) is 5.73 Å². The highest BCUT2D eigenvalue weighted by molar-refractivity contribution is 5.85. The molecule has 8 heavy (non-hydrogen) atoms. The highest BCUT2D eigenvalue weighted by atomic mass is 16.6. The maximum atomic E-state index is 9.91. The zero-order valence-corrected chi connectivity index (χ0v) is 4.55. The molecule has 0 radical (unpaired) electrons. The molecule has 0 aromatic heterocycles. The molecule has 46 valence electrons. The van der Waals surface area contributed by atoms with Crippen molar-refractivity contribution < 1.29 is 9.63 Å². The highest BCUT2D eigenvalue weighted by Gasteiger charge is 1.77. The monoisotopic (exact) mass is 116 g/mol. The number of nitrogens with one attached hydrogen (secondary N) is 1. The zero-order chi connectivity index (χ0) is 6.41. The van der Waals surface area contributed by atoms with Crippen molar-refractivity contribution in [3.8, 4) is 0 Å². The van der Waals surface area contributed by atoms with Crippen molar-refractivity contribution in [2.75, 3.05) is 7.11 Å². The fraction of sp³-hybridized carbons (Fsp3) is 0.250. The maximum Gasteiger partial charge on any atom is 0.242 e. The molecule has 0 aliphatic rings. The number of carbonyl (C=O) groups excluding carboxylic acids is 1. The molecule has 0 rings (SSSR count). The van der Waals surface area contributed by atoms with Crippen LogP contribution >= 0.6 is 0 Å². The van der Waals surface area contributed by atoms with Gasteiger partial charge in [0.25, 0.3) is 0 Å². The van der Waals surface area contributed by atoms with Crippen molar-refractivity contribution >= 4 is 5.91 Å². The fourth-order valence-corrected chi connectivity index (χ4v) is 0.184. The molecule has 0 saturated carbocycles. The first-order chi connectivity index (χ1) is 3.77. The molecule has 0 bridgehead atoms. The summed E-state index contributed by atoms with van der Waals surface area (Å²) in [6, 6.07) is 0. The molecule has 0 heterocycles. The topological polar surface area (TPSA) is 64.3 Å². The first-order valence-corrected chi connectivity index (χ1v) is 2.02. The summed E-state index contributed by atoms with van der Waals surface area (Å²) >= 11 is 0. The van der Waals surface area contributed by atoms with E-state index < -0.39 is 5.91 Å². The minimum absolute atomic E-state index is 0.505. The summed E-state index contributed by atoms with van der Waals surface area (Å²) < 4.78 is 0. The Morgan fingerprint density at radius 1 is 1.88 bits per heavy atom. The third kappa shape index (κ3) is 4.97. The van der Waals surface area contributed by atoms with Crippen LogP contribution in [0, 0.1) is 0 Å². The van der Waals surface area contributed by atoms with Gasteiger partial charge in [-0.15, -0.1) is 0 Å². The lowest BCUT2D eigenvalue weighted by molar-refractivity contribution is -0.113. The SMILES string of the molecule is CONC=CC(N)=O. The van der Waals surface area contributed by atoms with Crippen molar-refractivity contribution in [3.63, 3.8) is 0 Å². The van der Waals surface area contributed by atoms with Gasteiger partial charge in [-0.1, -0.05) is 0 Å². The van der Waals surface area contributed by atoms with E-state index in [9.17, 15) is 4.79 Å². The van der Waals surface area contributed by atoms with E-state index in [-0.39, 0.29) is 0 Å². The lowest BCUT2D eigenvalue weighted by Crippen LogP contribution is -2.09. The van der Waals surface area contributed by atoms with Gasteiger partial charge in [-0.3, -0.25) is 15.1 Å². The van der Waals surface area contributed by atoms with Crippen LogP contribution in [0.1, 0.15) is 0 Å². The second-order valence-electron chi connectivity index (χ2n) is 1.06. The van der Waals surface area contributed by atoms with Crippen LogP contribution in [0.3, 0.4) is 0 Å². The number of nitrogens with two attached hydrogens (primary N) is 1. The Morgan fingerprint density at radius 2 is 2.50 bits per heavy atom. The molecule has 0 spiro atoms. The molecule has 0 aromatic rings. The average Bonchev–Trinajstić information content (AvgIpc) is 1.66. The van der Waals surface area contributed by atoms with Gasteiger partial charge in [0.15, 0.2) is 0 Å². The largest absolute Gasteiger partial charge is 0.366 e. The molecule has 0 atom stereocenters. The molecule has 0 aliphatic heterocycles. The number of hydrogen-bond donors (Lipinski definition) is 2. The third-order valence-corrected chi connectivity index (χ3v) is 0.433. The van der Waals surface area contributed by atoms with Gasteiger partial charge in [0, 0.05) is 12.3 Å². The van der Waals surface area contributed by atoms with Gasteiger partial charge in [-0.05, 0) is 0 Å². The van der Waals surface area contributed by atoms with E-state index in [0.29, 0.717) is 0 Å². The molecule has 0 unspecified atom stereocenters. The Balaban J connectivity index is 3.20. The molecule has 0 aliphatic carbocycles. The second-order valence-corrected chi connectivity index (χ2v) is 1.06. The Bertz CT molecular complexity index is 100. The Hall–Kier alpha value is -1.03. The van der Waals surface area contributed by atoms with E-state index >= 15 is 0 Å². The highest BCUT2D eigenvalue weighted by Crippen LogP contribution is 1.62. The van der Waals surface area contributed by atoms with Gasteiger partial charge in [0.05, 0.1) is 7.11 Å². The summed E-state index contributed by atoms with van der Waals surface area (Å²) in [6.45, 7) is 0. The molecule has 1 amide bonds. The number of rotatable bonds is 3. The Labute approximate surface area is 47.3 Å². The first kappa shape index (κ1) is 6.97. The second kappa shape index (κ2) is 4.14. The quantitative estimate of drug-likeness (QED) is 0.372. The van der Waals surface area contributed by atoms with Crippen LogP contribution in [0.15, 0.2) is 12.3 Å². The Morgan fingerprint density at radius 3 is 2.88 bits per heavy atom. The minimum atomic E-state index is -0.505. The summed E-state index contributed by atoms with van der Waals surface area (Å²) in [7, 11) is 1.44. The number of amides is 1. The van der Waals surface area contributed by atoms with Crippen LogP contribution in [-0.2, 0) is 9.63 Å². The molecule has 4 nitrogen and oxygen atoms in total. The lowest BCUT2D eigenvalue weighted by atomic mass is 10.6. The predicted octanol–water partition coefficient (Wildman–Crippen LogP) is -0.864. The number of primary amides is 1. The van der Waals surface area contributed by atoms with Crippen LogP contribution in [0.5, 0.6) is 0 Å². The molecule has 0 fully saturated rings. The summed E-state index contributed by atoms with van der Waals surface area (Å²) in [6.07, 6.45) is 2.46. The van der Waals surface area contributed by atoms with Gasteiger partial charge >= 0.3 is 0 Å². The molecule has 3 N–H and O–H groups in total. The van der Waals surface area contributed by atoms with E-state index in [1.165, 1.54) is 13.3 Å². The van der Waals surface area contributed by atoms with Crippen molar-refractivity contribution in [1.82, 2.24) is 5.48 Å². The van der Waals surface area contributed by atoms with Crippen LogP contribution in [0.4, 0.5) is 0 Å². The third-order valence-electron chi connectivity index (χ3n) is 0.433. The van der Waals surface area contributed by atoms with E-state index in [2.05, 4.69) is 10.3 Å². The summed E-state index contributed by atoms with van der Waals surface area (Å²) in [5.74, 6) is -0.505. The summed E-state index contributed by atoms with van der Waals surface area (Å²) in [4.78, 5) is 14.3. The van der Waals surface area contributed by atoms with Crippen molar-refractivity contribution in [2.45, 2.75) is 0 Å². The molecule has 0 aromatic carbocycles. The normalized spacial score (nSPS) is 9.62. The smallest absolute Gasteiger partial charge is 0.242 e. The van der Waals surface area contributed by atoms with Crippen molar-refractivity contribution in [2.24, 2.45) is 5.73 Å². The van der Waals surface area contributed by atoms with Gasteiger partial charge in [0.1, 0.15) is 0 Å². The summed E-state index contributed by atoms with van der Waals surface area (Å²) in [5.41, 5.74) is 7.01. The van der Waals surface area contributed by atoms with Gasteiger partial charge < -0.3 is 5.73 Å². The minimum Gasteiger partial charge on any atom is -0.366 e. The fourth-order valence-electron chi connectivity index (χ4n) is 0.184. The van der Waals surface area contributed by atoms with Crippen molar-refractivity contribution in [3.05, 3.63) is 12.3 Å². The maximum absolute atomic E-state index is 9.91. The summed E-state index contributed by atoms with van der Waals surface area (Å²) in [5, 5.41) is 0. The van der Waals surface area contributed by atoms with Gasteiger partial charge in [0.2, 0.25) is 5.91 Å².